The van der Waals surface area contributed by atoms with Crippen LogP contribution in [0.2, 0.25) is 0 Å². The number of ether oxygens (including phenoxy) is 1. The fourth-order valence-corrected chi connectivity index (χ4v) is 3.96. The van der Waals surface area contributed by atoms with Gasteiger partial charge in [0, 0.05) is 22.9 Å². The lowest BCUT2D eigenvalue weighted by molar-refractivity contribution is 0.0953. The maximum atomic E-state index is 12.4. The molecule has 1 amide bonds. The molecule has 2 aromatic heterocycles. The molecule has 0 radical (unpaired) electrons. The summed E-state index contributed by atoms with van der Waals surface area (Å²) in [5, 5.41) is 3.90. The van der Waals surface area contributed by atoms with Crippen molar-refractivity contribution in [3.05, 3.63) is 56.3 Å². The number of aryl methyl sites for hydroxylation is 1. The predicted octanol–water partition coefficient (Wildman–Crippen LogP) is 4.35. The molecule has 0 aliphatic carbocycles. The fourth-order valence-electron chi connectivity index (χ4n) is 2.48. The van der Waals surface area contributed by atoms with E-state index in [0.29, 0.717) is 17.8 Å². The molecule has 3 aromatic rings. The Labute approximate surface area is 153 Å². The molecule has 3 rings (SSSR count). The van der Waals surface area contributed by atoms with Crippen LogP contribution in [0.1, 0.15) is 20.9 Å². The number of methoxy groups -OCH3 is 1. The van der Waals surface area contributed by atoms with Crippen LogP contribution in [0.15, 0.2) is 40.2 Å². The van der Waals surface area contributed by atoms with Crippen LogP contribution in [0, 0.1) is 6.92 Å². The number of thiophene rings is 1. The van der Waals surface area contributed by atoms with E-state index in [4.69, 9.17) is 4.74 Å². The number of carbonyl (C=O) groups is 1. The van der Waals surface area contributed by atoms with Gasteiger partial charge in [-0.2, -0.15) is 0 Å². The molecule has 24 heavy (non-hydrogen) atoms. The van der Waals surface area contributed by atoms with Crippen molar-refractivity contribution in [3.63, 3.8) is 0 Å². The summed E-state index contributed by atoms with van der Waals surface area (Å²) in [7, 11) is 1.63. The lowest BCUT2D eigenvalue weighted by Gasteiger charge is -2.09. The Morgan fingerprint density at radius 3 is 2.83 bits per heavy atom. The van der Waals surface area contributed by atoms with Gasteiger partial charge < -0.3 is 10.1 Å². The molecular formula is C18H17BrN2O2S. The molecule has 0 atom stereocenters. The molecule has 0 fully saturated rings. The standard InChI is InChI=1S/C18H17BrN2O2S/c1-11-15(9-12-3-4-13(23-2)10-16(12)21-11)18(22)20-8-7-14-5-6-17(19)24-14/h3-6,9-10H,7-8H2,1-2H3,(H,20,22). The van der Waals surface area contributed by atoms with Crippen molar-refractivity contribution >= 4 is 44.1 Å². The first-order valence-electron chi connectivity index (χ1n) is 7.54. The zero-order valence-corrected chi connectivity index (χ0v) is 15.8. The molecule has 0 aliphatic heterocycles. The van der Waals surface area contributed by atoms with Crippen LogP contribution in [0.5, 0.6) is 5.75 Å². The van der Waals surface area contributed by atoms with Crippen molar-refractivity contribution in [2.75, 3.05) is 13.7 Å². The van der Waals surface area contributed by atoms with Gasteiger partial charge in [0.15, 0.2) is 0 Å². The van der Waals surface area contributed by atoms with E-state index >= 15 is 0 Å². The van der Waals surface area contributed by atoms with Crippen LogP contribution >= 0.6 is 27.3 Å². The first-order chi connectivity index (χ1) is 11.6. The van der Waals surface area contributed by atoms with E-state index in [2.05, 4.69) is 32.3 Å². The SMILES string of the molecule is COc1ccc2cc(C(=O)NCCc3ccc(Br)s3)c(C)nc2c1. The quantitative estimate of drug-likeness (QED) is 0.687. The minimum atomic E-state index is -0.0895. The molecule has 124 valence electrons. The summed E-state index contributed by atoms with van der Waals surface area (Å²) in [6, 6.07) is 11.6. The summed E-state index contributed by atoms with van der Waals surface area (Å²) < 4.78 is 6.32. The third-order valence-corrected chi connectivity index (χ3v) is 5.43. The summed E-state index contributed by atoms with van der Waals surface area (Å²) in [6.45, 7) is 2.45. The van der Waals surface area contributed by atoms with Gasteiger partial charge in [-0.1, -0.05) is 0 Å². The van der Waals surface area contributed by atoms with Crippen molar-refractivity contribution in [2.24, 2.45) is 0 Å². The van der Waals surface area contributed by atoms with Crippen molar-refractivity contribution in [2.45, 2.75) is 13.3 Å². The molecule has 1 aromatic carbocycles. The summed E-state index contributed by atoms with van der Waals surface area (Å²) in [5.74, 6) is 0.669. The van der Waals surface area contributed by atoms with Gasteiger partial charge in [-0.05, 0) is 59.6 Å². The molecular weight excluding hydrogens is 388 g/mol. The second-order valence-corrected chi connectivity index (χ2v) is 7.94. The Morgan fingerprint density at radius 2 is 2.12 bits per heavy atom. The number of amides is 1. The van der Waals surface area contributed by atoms with Gasteiger partial charge in [-0.15, -0.1) is 11.3 Å². The Bertz CT molecular complexity index is 892. The van der Waals surface area contributed by atoms with Gasteiger partial charge in [0.2, 0.25) is 0 Å². The largest absolute Gasteiger partial charge is 0.497 e. The third kappa shape index (κ3) is 3.76. The van der Waals surface area contributed by atoms with Crippen LogP contribution in [0.4, 0.5) is 0 Å². The van der Waals surface area contributed by atoms with Crippen LogP contribution in [0.25, 0.3) is 10.9 Å². The third-order valence-electron chi connectivity index (χ3n) is 3.75. The van der Waals surface area contributed by atoms with Gasteiger partial charge in [-0.3, -0.25) is 9.78 Å². The molecule has 0 spiro atoms. The Morgan fingerprint density at radius 1 is 1.29 bits per heavy atom. The smallest absolute Gasteiger partial charge is 0.253 e. The molecule has 6 heteroatoms. The minimum absolute atomic E-state index is 0.0895. The maximum Gasteiger partial charge on any atom is 0.253 e. The summed E-state index contributed by atoms with van der Waals surface area (Å²) in [4.78, 5) is 18.2. The monoisotopic (exact) mass is 404 g/mol. The molecule has 0 aliphatic rings. The highest BCUT2D eigenvalue weighted by atomic mass is 79.9. The van der Waals surface area contributed by atoms with Gasteiger partial charge >= 0.3 is 0 Å². The Kier molecular flexibility index (Phi) is 5.16. The van der Waals surface area contributed by atoms with E-state index in [0.717, 1.165) is 26.9 Å². The fraction of sp³-hybridized carbons (Fsp3) is 0.222. The van der Waals surface area contributed by atoms with Crippen LogP contribution in [-0.2, 0) is 6.42 Å². The van der Waals surface area contributed by atoms with E-state index in [1.54, 1.807) is 18.4 Å². The van der Waals surface area contributed by atoms with Crippen molar-refractivity contribution < 1.29 is 9.53 Å². The van der Waals surface area contributed by atoms with Crippen molar-refractivity contribution in [3.8, 4) is 5.75 Å². The van der Waals surface area contributed by atoms with Crippen molar-refractivity contribution in [1.29, 1.82) is 0 Å². The van der Waals surface area contributed by atoms with E-state index in [9.17, 15) is 4.79 Å². The van der Waals surface area contributed by atoms with E-state index in [-0.39, 0.29) is 5.91 Å². The summed E-state index contributed by atoms with van der Waals surface area (Å²) in [6.07, 6.45) is 0.819. The van der Waals surface area contributed by atoms with Gasteiger partial charge in [0.05, 0.1) is 27.7 Å². The number of halogens is 1. The average molecular weight is 405 g/mol. The topological polar surface area (TPSA) is 51.2 Å². The molecule has 0 saturated heterocycles. The second-order valence-electron chi connectivity index (χ2n) is 5.39. The number of nitrogens with zero attached hydrogens (tertiary/aromatic N) is 1. The van der Waals surface area contributed by atoms with Crippen molar-refractivity contribution in [1.82, 2.24) is 10.3 Å². The van der Waals surface area contributed by atoms with Crippen LogP contribution in [0.3, 0.4) is 0 Å². The zero-order chi connectivity index (χ0) is 17.1. The molecule has 0 unspecified atom stereocenters. The number of aromatic nitrogens is 1. The van der Waals surface area contributed by atoms with E-state index in [1.807, 2.05) is 37.3 Å². The van der Waals surface area contributed by atoms with Gasteiger partial charge in [0.25, 0.3) is 5.91 Å². The van der Waals surface area contributed by atoms with Crippen LogP contribution in [-0.4, -0.2) is 24.5 Å². The Hall–Kier alpha value is -1.92. The van der Waals surface area contributed by atoms with Gasteiger partial charge in [-0.25, -0.2) is 0 Å². The second kappa shape index (κ2) is 7.32. The molecule has 0 saturated carbocycles. The van der Waals surface area contributed by atoms with E-state index < -0.39 is 0 Å². The molecule has 0 bridgehead atoms. The Balaban J connectivity index is 1.73. The average Bonchev–Trinajstić information content (AvgIpc) is 2.98. The summed E-state index contributed by atoms with van der Waals surface area (Å²) >= 11 is 5.13. The highest BCUT2D eigenvalue weighted by Gasteiger charge is 2.12. The number of hydrogen-bond acceptors (Lipinski definition) is 4. The maximum absolute atomic E-state index is 12.4. The summed E-state index contributed by atoms with van der Waals surface area (Å²) in [5.41, 5.74) is 2.15. The molecule has 2 heterocycles. The minimum Gasteiger partial charge on any atom is -0.497 e. The number of rotatable bonds is 5. The number of pyridine rings is 1. The molecule has 1 N–H and O–H groups in total. The number of fused-ring (bicyclic) bond motifs is 1. The van der Waals surface area contributed by atoms with Gasteiger partial charge in [0.1, 0.15) is 5.75 Å². The lowest BCUT2D eigenvalue weighted by atomic mass is 10.1. The normalized spacial score (nSPS) is 10.8. The predicted molar refractivity (Wildman–Crippen MR) is 101 cm³/mol. The van der Waals surface area contributed by atoms with Crippen LogP contribution < -0.4 is 10.1 Å². The molecule has 4 nitrogen and oxygen atoms in total. The number of carbonyl (C=O) groups excluding carboxylic acids is 1. The highest BCUT2D eigenvalue weighted by molar-refractivity contribution is 9.11. The number of nitrogens with one attached hydrogen (secondary N) is 1. The lowest BCUT2D eigenvalue weighted by Crippen LogP contribution is -2.26. The first kappa shape index (κ1) is 16.9. The highest BCUT2D eigenvalue weighted by Crippen LogP contribution is 2.23. The van der Waals surface area contributed by atoms with E-state index in [1.165, 1.54) is 4.88 Å². The zero-order valence-electron chi connectivity index (χ0n) is 13.4. The first-order valence-corrected chi connectivity index (χ1v) is 9.15. The number of benzene rings is 1. The number of hydrogen-bond donors (Lipinski definition) is 1.